The summed E-state index contributed by atoms with van der Waals surface area (Å²) >= 11 is 0. The number of aromatic nitrogens is 2. The normalized spacial score (nSPS) is 10.9. The maximum absolute atomic E-state index is 4.79. The number of anilines is 3. The molecule has 0 amide bonds. The molecule has 49 heavy (non-hydrogen) atoms. The van der Waals surface area contributed by atoms with Crippen LogP contribution in [0.1, 0.15) is 0 Å². The van der Waals surface area contributed by atoms with Gasteiger partial charge in [-0.2, -0.15) is 0 Å². The van der Waals surface area contributed by atoms with E-state index in [9.17, 15) is 0 Å². The van der Waals surface area contributed by atoms with Gasteiger partial charge in [0.05, 0.1) is 11.4 Å². The van der Waals surface area contributed by atoms with Crippen LogP contribution < -0.4 is 4.90 Å². The SMILES string of the molecule is c1ccc(-c2ccc(N(c3cccc(-c4cc(-c5ccccc5)ccn4)c3)c3cccc(-c4cc(-c5ccccc5)ccn4)c3)cc2)cc1. The summed E-state index contributed by atoms with van der Waals surface area (Å²) in [7, 11) is 0. The largest absolute Gasteiger partial charge is 0.310 e. The average Bonchev–Trinajstić information content (AvgIpc) is 3.20. The van der Waals surface area contributed by atoms with Gasteiger partial charge in [-0.1, -0.05) is 127 Å². The number of pyridine rings is 2. The molecule has 0 saturated heterocycles. The van der Waals surface area contributed by atoms with Crippen molar-refractivity contribution in [1.82, 2.24) is 9.97 Å². The molecule has 0 aliphatic heterocycles. The molecule has 232 valence electrons. The second kappa shape index (κ2) is 13.6. The number of hydrogen-bond donors (Lipinski definition) is 0. The van der Waals surface area contributed by atoms with Gasteiger partial charge in [-0.05, 0) is 94.0 Å². The third-order valence-corrected chi connectivity index (χ3v) is 8.77. The summed E-state index contributed by atoms with van der Waals surface area (Å²) in [6.45, 7) is 0. The quantitative estimate of drug-likeness (QED) is 0.168. The molecule has 0 radical (unpaired) electrons. The second-order valence-corrected chi connectivity index (χ2v) is 11.9. The lowest BCUT2D eigenvalue weighted by Gasteiger charge is -2.26. The van der Waals surface area contributed by atoms with Gasteiger partial charge in [0.15, 0.2) is 0 Å². The van der Waals surface area contributed by atoms with Crippen LogP contribution in [0.25, 0.3) is 55.9 Å². The van der Waals surface area contributed by atoms with Crippen molar-refractivity contribution in [2.75, 3.05) is 4.90 Å². The van der Waals surface area contributed by atoms with E-state index in [1.165, 1.54) is 22.3 Å². The highest BCUT2D eigenvalue weighted by Crippen LogP contribution is 2.39. The van der Waals surface area contributed by atoms with Crippen molar-refractivity contribution < 1.29 is 0 Å². The third-order valence-electron chi connectivity index (χ3n) is 8.77. The average molecular weight is 628 g/mol. The fraction of sp³-hybridized carbons (Fsp3) is 0. The van der Waals surface area contributed by atoms with E-state index < -0.39 is 0 Å². The molecule has 8 rings (SSSR count). The minimum absolute atomic E-state index is 0.929. The molecule has 0 aliphatic rings. The molecule has 8 aromatic rings. The lowest BCUT2D eigenvalue weighted by Crippen LogP contribution is -2.10. The fourth-order valence-corrected chi connectivity index (χ4v) is 6.29. The summed E-state index contributed by atoms with van der Waals surface area (Å²) in [6, 6.07) is 65.9. The lowest BCUT2D eigenvalue weighted by atomic mass is 10.0. The standard InChI is InChI=1S/C46H33N3/c1-4-12-34(13-5-1)37-22-24-42(25-23-37)49(43-20-10-18-40(30-43)45-32-38(26-28-47-45)35-14-6-2-7-15-35)44-21-11-19-41(31-44)46-33-39(27-29-48-46)36-16-8-3-9-17-36/h1-33H. The van der Waals surface area contributed by atoms with Gasteiger partial charge in [0.1, 0.15) is 0 Å². The summed E-state index contributed by atoms with van der Waals surface area (Å²) in [5, 5.41) is 0. The Morgan fingerprint density at radius 3 is 1.10 bits per heavy atom. The molecule has 0 atom stereocenters. The van der Waals surface area contributed by atoms with Gasteiger partial charge in [-0.3, -0.25) is 9.97 Å². The maximum Gasteiger partial charge on any atom is 0.0708 e. The Bertz CT molecular complexity index is 2190. The molecule has 0 spiro atoms. The van der Waals surface area contributed by atoms with Gasteiger partial charge in [0.25, 0.3) is 0 Å². The van der Waals surface area contributed by atoms with Crippen LogP contribution in [0.5, 0.6) is 0 Å². The van der Waals surface area contributed by atoms with E-state index in [1.54, 1.807) is 0 Å². The first-order valence-corrected chi connectivity index (χ1v) is 16.5. The predicted molar refractivity (Wildman–Crippen MR) is 204 cm³/mol. The molecule has 0 fully saturated rings. The van der Waals surface area contributed by atoms with E-state index in [-0.39, 0.29) is 0 Å². The number of benzene rings is 6. The van der Waals surface area contributed by atoms with E-state index in [0.29, 0.717) is 0 Å². The predicted octanol–water partition coefficient (Wildman–Crippen LogP) is 12.3. The van der Waals surface area contributed by atoms with Gasteiger partial charge < -0.3 is 4.90 Å². The lowest BCUT2D eigenvalue weighted by molar-refractivity contribution is 1.27. The van der Waals surface area contributed by atoms with Crippen molar-refractivity contribution in [3.05, 3.63) is 200 Å². The summed E-state index contributed by atoms with van der Waals surface area (Å²) in [5.41, 5.74) is 14.1. The molecule has 2 heterocycles. The zero-order chi connectivity index (χ0) is 32.8. The first kappa shape index (κ1) is 29.8. The van der Waals surface area contributed by atoms with Crippen LogP contribution in [0.2, 0.25) is 0 Å². The summed E-state index contributed by atoms with van der Waals surface area (Å²) < 4.78 is 0. The van der Waals surface area contributed by atoms with Gasteiger partial charge in [-0.15, -0.1) is 0 Å². The Labute approximate surface area is 287 Å². The Balaban J connectivity index is 1.21. The number of rotatable bonds is 8. The zero-order valence-corrected chi connectivity index (χ0v) is 26.9. The summed E-state index contributed by atoms with van der Waals surface area (Å²) in [5.74, 6) is 0. The van der Waals surface area contributed by atoms with Crippen molar-refractivity contribution in [1.29, 1.82) is 0 Å². The highest BCUT2D eigenvalue weighted by Gasteiger charge is 2.16. The highest BCUT2D eigenvalue weighted by atomic mass is 15.1. The van der Waals surface area contributed by atoms with Crippen LogP contribution in [0, 0.1) is 0 Å². The van der Waals surface area contributed by atoms with Crippen LogP contribution in [0.15, 0.2) is 200 Å². The topological polar surface area (TPSA) is 29.0 Å². The molecule has 0 aliphatic carbocycles. The molecule has 6 aromatic carbocycles. The fourth-order valence-electron chi connectivity index (χ4n) is 6.29. The van der Waals surface area contributed by atoms with Crippen LogP contribution >= 0.6 is 0 Å². The highest BCUT2D eigenvalue weighted by molar-refractivity contribution is 5.83. The van der Waals surface area contributed by atoms with E-state index >= 15 is 0 Å². The molecule has 0 saturated carbocycles. The van der Waals surface area contributed by atoms with Crippen molar-refractivity contribution >= 4 is 17.1 Å². The Hall–Kier alpha value is -6.58. The van der Waals surface area contributed by atoms with Crippen LogP contribution in [0.3, 0.4) is 0 Å². The van der Waals surface area contributed by atoms with Crippen molar-refractivity contribution in [3.8, 4) is 55.9 Å². The van der Waals surface area contributed by atoms with Gasteiger partial charge >= 0.3 is 0 Å². The van der Waals surface area contributed by atoms with Gasteiger partial charge in [0.2, 0.25) is 0 Å². The third kappa shape index (κ3) is 6.51. The van der Waals surface area contributed by atoms with E-state index in [4.69, 9.17) is 9.97 Å². The molecule has 0 N–H and O–H groups in total. The monoisotopic (exact) mass is 627 g/mol. The van der Waals surface area contributed by atoms with E-state index in [1.807, 2.05) is 30.6 Å². The maximum atomic E-state index is 4.79. The molecule has 3 heteroatoms. The molecular formula is C46H33N3. The Morgan fingerprint density at radius 2 is 0.653 bits per heavy atom. The zero-order valence-electron chi connectivity index (χ0n) is 26.9. The first-order valence-electron chi connectivity index (χ1n) is 16.5. The molecule has 2 aromatic heterocycles. The molecule has 3 nitrogen and oxygen atoms in total. The Kier molecular flexibility index (Phi) is 8.30. The molecule has 0 bridgehead atoms. The van der Waals surface area contributed by atoms with Crippen LogP contribution in [-0.4, -0.2) is 9.97 Å². The van der Waals surface area contributed by atoms with Crippen molar-refractivity contribution in [3.63, 3.8) is 0 Å². The van der Waals surface area contributed by atoms with Gasteiger partial charge in [0, 0.05) is 40.6 Å². The molecular weight excluding hydrogens is 595 g/mol. The molecule has 0 unspecified atom stereocenters. The van der Waals surface area contributed by atoms with Crippen LogP contribution in [-0.2, 0) is 0 Å². The van der Waals surface area contributed by atoms with E-state index in [0.717, 1.165) is 50.7 Å². The Morgan fingerprint density at radius 1 is 0.265 bits per heavy atom. The number of hydrogen-bond acceptors (Lipinski definition) is 3. The van der Waals surface area contributed by atoms with Crippen molar-refractivity contribution in [2.45, 2.75) is 0 Å². The van der Waals surface area contributed by atoms with Gasteiger partial charge in [-0.25, -0.2) is 0 Å². The number of nitrogens with zero attached hydrogens (tertiary/aromatic N) is 3. The minimum atomic E-state index is 0.929. The smallest absolute Gasteiger partial charge is 0.0708 e. The van der Waals surface area contributed by atoms with Crippen LogP contribution in [0.4, 0.5) is 17.1 Å². The second-order valence-electron chi connectivity index (χ2n) is 11.9. The summed E-state index contributed by atoms with van der Waals surface area (Å²) in [6.07, 6.45) is 3.79. The summed E-state index contributed by atoms with van der Waals surface area (Å²) in [4.78, 5) is 11.9. The minimum Gasteiger partial charge on any atom is -0.310 e. The van der Waals surface area contributed by atoms with Crippen molar-refractivity contribution in [2.24, 2.45) is 0 Å². The van der Waals surface area contributed by atoms with E-state index in [2.05, 4.69) is 175 Å². The first-order chi connectivity index (χ1) is 24.3.